The average Bonchev–Trinajstić information content (AvgIpc) is 2.67. The number of ether oxygens (including phenoxy) is 1. The van der Waals surface area contributed by atoms with Crippen molar-refractivity contribution in [2.24, 2.45) is 17.5 Å². The highest BCUT2D eigenvalue weighted by molar-refractivity contribution is 8.03. The fraction of sp³-hybridized carbons (Fsp3) is 0.400. The number of halogens is 3. The van der Waals surface area contributed by atoms with Crippen molar-refractivity contribution >= 4 is 29.1 Å². The summed E-state index contributed by atoms with van der Waals surface area (Å²) in [6.45, 7) is 5.89. The molecule has 29 heavy (non-hydrogen) atoms. The van der Waals surface area contributed by atoms with E-state index in [4.69, 9.17) is 27.9 Å². The van der Waals surface area contributed by atoms with Gasteiger partial charge in [0.2, 0.25) is 0 Å². The Morgan fingerprint density at radius 3 is 2.62 bits per heavy atom. The van der Waals surface area contributed by atoms with Crippen LogP contribution in [-0.2, 0) is 4.74 Å². The predicted octanol–water partition coefficient (Wildman–Crippen LogP) is 4.13. The van der Waals surface area contributed by atoms with Crippen LogP contribution in [0.4, 0.5) is 8.78 Å². The van der Waals surface area contributed by atoms with Crippen LogP contribution < -0.4 is 22.3 Å². The highest BCUT2D eigenvalue weighted by Crippen LogP contribution is 2.35. The third-order valence-corrected chi connectivity index (χ3v) is 5.99. The molecule has 5 nitrogen and oxygen atoms in total. The molecule has 9 heteroatoms. The Labute approximate surface area is 179 Å². The van der Waals surface area contributed by atoms with Crippen LogP contribution in [0.15, 0.2) is 46.6 Å². The number of hydrogen-bond acceptors (Lipinski definition) is 6. The molecule has 0 bridgehead atoms. The van der Waals surface area contributed by atoms with Gasteiger partial charge in [-0.2, -0.15) is 0 Å². The maximum atomic E-state index is 13.5. The van der Waals surface area contributed by atoms with Gasteiger partial charge in [-0.25, -0.2) is 8.78 Å². The minimum Gasteiger partial charge on any atom is -0.404 e. The number of nitrogens with two attached hydrogens (primary N) is 2. The Hall–Kier alpha value is -1.74. The van der Waals surface area contributed by atoms with Crippen molar-refractivity contribution in [3.05, 3.63) is 63.8 Å². The lowest BCUT2D eigenvalue weighted by Crippen LogP contribution is -2.46. The minimum atomic E-state index is -0.933. The Bertz CT molecular complexity index is 799. The largest absolute Gasteiger partial charge is 0.404 e. The molecule has 1 aromatic carbocycles. The molecule has 1 aliphatic heterocycles. The molecule has 1 saturated heterocycles. The van der Waals surface area contributed by atoms with Crippen LogP contribution in [-0.4, -0.2) is 17.6 Å². The van der Waals surface area contributed by atoms with Crippen molar-refractivity contribution in [2.75, 3.05) is 0 Å². The Morgan fingerprint density at radius 2 is 2.03 bits per heavy atom. The molecule has 1 aromatic rings. The molecular weight excluding hydrogens is 418 g/mol. The SMILES string of the molecule is C/C(Cl)=C\C(=C/N)SC1CC(N/C=C(\NN)c2ccc(F)c(F)c2)C(C)C(C)O1. The summed E-state index contributed by atoms with van der Waals surface area (Å²) in [6, 6.07) is 3.69. The molecule has 4 atom stereocenters. The van der Waals surface area contributed by atoms with Gasteiger partial charge in [0.1, 0.15) is 5.44 Å². The lowest BCUT2D eigenvalue weighted by molar-refractivity contribution is -0.0405. The van der Waals surface area contributed by atoms with Crippen LogP contribution in [0.2, 0.25) is 0 Å². The number of hydrazine groups is 1. The number of hydrogen-bond donors (Lipinski definition) is 4. The molecule has 0 saturated carbocycles. The van der Waals surface area contributed by atoms with E-state index in [1.165, 1.54) is 24.0 Å². The normalized spacial score (nSPS) is 26.4. The van der Waals surface area contributed by atoms with Gasteiger partial charge in [-0.05, 0) is 38.1 Å². The molecule has 0 aromatic heterocycles. The first-order valence-corrected chi connectivity index (χ1v) is 10.5. The second kappa shape index (κ2) is 10.9. The zero-order valence-corrected chi connectivity index (χ0v) is 18.2. The summed E-state index contributed by atoms with van der Waals surface area (Å²) in [5.74, 6) is 3.95. The van der Waals surface area contributed by atoms with E-state index in [1.54, 1.807) is 19.2 Å². The topological polar surface area (TPSA) is 85.3 Å². The second-order valence-electron chi connectivity index (χ2n) is 6.89. The van der Waals surface area contributed by atoms with Crippen molar-refractivity contribution in [3.8, 4) is 0 Å². The lowest BCUT2D eigenvalue weighted by atomic mass is 9.92. The second-order valence-corrected chi connectivity index (χ2v) is 8.72. The Kier molecular flexibility index (Phi) is 8.82. The van der Waals surface area contributed by atoms with Crippen LogP contribution in [0.1, 0.15) is 32.8 Å². The van der Waals surface area contributed by atoms with Gasteiger partial charge in [0, 0.05) is 46.3 Å². The molecule has 1 fully saturated rings. The molecule has 1 aliphatic rings. The highest BCUT2D eigenvalue weighted by atomic mass is 35.5. The molecule has 0 spiro atoms. The van der Waals surface area contributed by atoms with Gasteiger partial charge in [-0.3, -0.25) is 5.84 Å². The summed E-state index contributed by atoms with van der Waals surface area (Å²) in [5.41, 5.74) is 8.99. The zero-order valence-electron chi connectivity index (χ0n) is 16.6. The van der Waals surface area contributed by atoms with Gasteiger partial charge in [-0.15, -0.1) is 0 Å². The first kappa shape index (κ1) is 23.5. The van der Waals surface area contributed by atoms with E-state index < -0.39 is 11.6 Å². The van der Waals surface area contributed by atoms with Crippen molar-refractivity contribution < 1.29 is 13.5 Å². The van der Waals surface area contributed by atoms with Crippen LogP contribution >= 0.6 is 23.4 Å². The highest BCUT2D eigenvalue weighted by Gasteiger charge is 2.33. The third-order valence-electron chi connectivity index (χ3n) is 4.79. The first-order valence-electron chi connectivity index (χ1n) is 9.21. The van der Waals surface area contributed by atoms with Crippen LogP contribution in [0.3, 0.4) is 0 Å². The number of nitrogens with one attached hydrogen (secondary N) is 2. The van der Waals surface area contributed by atoms with Crippen LogP contribution in [0, 0.1) is 17.6 Å². The van der Waals surface area contributed by atoms with E-state index in [0.29, 0.717) is 22.7 Å². The minimum absolute atomic E-state index is 0.00445. The van der Waals surface area contributed by atoms with E-state index >= 15 is 0 Å². The Morgan fingerprint density at radius 1 is 1.31 bits per heavy atom. The fourth-order valence-electron chi connectivity index (χ4n) is 3.00. The predicted molar refractivity (Wildman–Crippen MR) is 116 cm³/mol. The summed E-state index contributed by atoms with van der Waals surface area (Å²) >= 11 is 7.45. The third kappa shape index (κ3) is 6.64. The maximum Gasteiger partial charge on any atom is 0.159 e. The monoisotopic (exact) mass is 444 g/mol. The van der Waals surface area contributed by atoms with Crippen LogP contribution in [0.25, 0.3) is 5.70 Å². The Balaban J connectivity index is 2.13. The quantitative estimate of drug-likeness (QED) is 0.287. The van der Waals surface area contributed by atoms with E-state index in [1.807, 2.05) is 6.92 Å². The van der Waals surface area contributed by atoms with Crippen molar-refractivity contribution in [3.63, 3.8) is 0 Å². The first-order chi connectivity index (χ1) is 13.7. The number of rotatable bonds is 7. The van der Waals surface area contributed by atoms with E-state index in [9.17, 15) is 8.78 Å². The lowest BCUT2D eigenvalue weighted by Gasteiger charge is -2.39. The van der Waals surface area contributed by atoms with E-state index in [-0.39, 0.29) is 23.5 Å². The van der Waals surface area contributed by atoms with Crippen molar-refractivity contribution in [1.82, 2.24) is 10.7 Å². The molecule has 0 aliphatic carbocycles. The van der Waals surface area contributed by atoms with Gasteiger partial charge >= 0.3 is 0 Å². The number of benzene rings is 1. The average molecular weight is 445 g/mol. The number of allylic oxidation sites excluding steroid dienone is 2. The zero-order chi connectivity index (χ0) is 21.6. The molecule has 0 amide bonds. The molecule has 4 unspecified atom stereocenters. The van der Waals surface area contributed by atoms with Gasteiger partial charge in [0.15, 0.2) is 11.6 Å². The van der Waals surface area contributed by atoms with Crippen molar-refractivity contribution in [1.29, 1.82) is 0 Å². The number of thioether (sulfide) groups is 1. The van der Waals surface area contributed by atoms with Gasteiger partial charge in [-0.1, -0.05) is 30.3 Å². The summed E-state index contributed by atoms with van der Waals surface area (Å²) in [4.78, 5) is 0.824. The molecule has 2 rings (SSSR count). The molecule has 1 heterocycles. The summed E-state index contributed by atoms with van der Waals surface area (Å²) in [5, 5.41) is 3.97. The molecule has 0 radical (unpaired) electrons. The van der Waals surface area contributed by atoms with E-state index in [0.717, 1.165) is 17.0 Å². The van der Waals surface area contributed by atoms with Gasteiger partial charge in [0.05, 0.1) is 11.8 Å². The van der Waals surface area contributed by atoms with Gasteiger partial charge in [0.25, 0.3) is 0 Å². The summed E-state index contributed by atoms with van der Waals surface area (Å²) < 4.78 is 32.8. The van der Waals surface area contributed by atoms with Crippen molar-refractivity contribution in [2.45, 2.75) is 44.8 Å². The summed E-state index contributed by atoms with van der Waals surface area (Å²) in [6.07, 6.45) is 5.68. The summed E-state index contributed by atoms with van der Waals surface area (Å²) in [7, 11) is 0. The standard InChI is InChI=1S/C20H27ClF2N4OS/c1-11(21)6-15(9-24)29-20-8-18(12(2)13(3)28-20)26-10-19(27-25)14-4-5-16(22)17(23)7-14/h4-7,9-10,12-13,18,20,26-27H,8,24-25H2,1-3H3/b11-6+,15-9+,19-10-. The van der Waals surface area contributed by atoms with Gasteiger partial charge < -0.3 is 21.2 Å². The molecule has 6 N–H and O–H groups in total. The molecular formula is C20H27ClF2N4OS. The fourth-order valence-corrected chi connectivity index (χ4v) is 4.34. The maximum absolute atomic E-state index is 13.5. The van der Waals surface area contributed by atoms with Crippen LogP contribution in [0.5, 0.6) is 0 Å². The molecule has 160 valence electrons. The smallest absolute Gasteiger partial charge is 0.159 e. The van der Waals surface area contributed by atoms with E-state index in [2.05, 4.69) is 17.7 Å².